The number of hydrogen-bond acceptors (Lipinski definition) is 1. The van der Waals surface area contributed by atoms with Gasteiger partial charge in [-0.2, -0.15) is 0 Å². The van der Waals surface area contributed by atoms with E-state index in [9.17, 15) is 9.90 Å². The minimum atomic E-state index is -1.18. The van der Waals surface area contributed by atoms with Crippen LogP contribution in [0.2, 0.25) is 0 Å². The number of rotatable bonds is 3. The third-order valence-electron chi connectivity index (χ3n) is 0.758. The lowest BCUT2D eigenvalue weighted by Crippen LogP contribution is -1.80. The van der Waals surface area contributed by atoms with Crippen molar-refractivity contribution < 1.29 is 9.90 Å². The molecular weight excluding hydrogens is 128 g/mol. The van der Waals surface area contributed by atoms with E-state index in [0.717, 1.165) is 6.08 Å². The van der Waals surface area contributed by atoms with Crippen molar-refractivity contribution in [3.63, 3.8) is 0 Å². The molecule has 0 aromatic carbocycles. The zero-order chi connectivity index (χ0) is 7.82. The summed E-state index contributed by atoms with van der Waals surface area (Å²) in [5.41, 5.74) is 0. The Bertz CT molecular complexity index is 176. The second-order valence-corrected chi connectivity index (χ2v) is 1.59. The van der Waals surface area contributed by atoms with Crippen LogP contribution in [0.1, 0.15) is 6.92 Å². The quantitative estimate of drug-likeness (QED) is 0.430. The first kappa shape index (κ1) is 8.69. The third kappa shape index (κ3) is 6.69. The number of allylic oxidation sites excluding steroid dienone is 5. The summed E-state index contributed by atoms with van der Waals surface area (Å²) in [5, 5.41) is 9.78. The van der Waals surface area contributed by atoms with Crippen molar-refractivity contribution in [3.8, 4) is 0 Å². The Kier molecular flexibility index (Phi) is 5.06. The summed E-state index contributed by atoms with van der Waals surface area (Å²) in [5.74, 6) is -1.18. The van der Waals surface area contributed by atoms with Crippen LogP contribution in [0.5, 0.6) is 0 Å². The minimum Gasteiger partial charge on any atom is -0.242 e. The molecule has 0 aromatic rings. The molecule has 0 heterocycles. The summed E-state index contributed by atoms with van der Waals surface area (Å²) in [6.45, 7) is 1.88. The number of carbonyl (C=O) groups excluding carboxylic acids is 1. The molecule has 10 heavy (non-hydrogen) atoms. The highest BCUT2D eigenvalue weighted by Crippen LogP contribution is 1.79. The summed E-state index contributed by atoms with van der Waals surface area (Å²) in [4.78, 5) is 9.78. The molecule has 0 amide bonds. The predicted octanol–water partition coefficient (Wildman–Crippen LogP) is 1.63. The largest absolute Gasteiger partial charge is 0.379 e. The first-order valence-corrected chi connectivity index (χ1v) is 2.94. The van der Waals surface area contributed by atoms with Gasteiger partial charge in [0.05, 0.1) is 0 Å². The minimum absolute atomic E-state index is 0.972. The van der Waals surface area contributed by atoms with Gasteiger partial charge in [0, 0.05) is 6.08 Å². The number of hydrogen-bond donors (Lipinski definition) is 0. The molecule has 0 aliphatic heterocycles. The van der Waals surface area contributed by atoms with Crippen LogP contribution in [0.25, 0.3) is 0 Å². The SMILES string of the molecule is C/C=C/C=C/C=C/C([O])=O. The van der Waals surface area contributed by atoms with Gasteiger partial charge in [0.15, 0.2) is 0 Å². The molecule has 0 unspecified atom stereocenters. The lowest BCUT2D eigenvalue weighted by molar-refractivity contribution is -0.137. The van der Waals surface area contributed by atoms with Crippen LogP contribution in [0, 0.1) is 0 Å². The van der Waals surface area contributed by atoms with Gasteiger partial charge < -0.3 is 0 Å². The molecule has 0 saturated carbocycles. The number of carbonyl (C=O) groups is 1. The Morgan fingerprint density at radius 3 is 2.20 bits per heavy atom. The van der Waals surface area contributed by atoms with Crippen LogP contribution in [-0.2, 0) is 9.90 Å². The normalized spacial score (nSPS) is 12.1. The molecule has 0 saturated heterocycles. The van der Waals surface area contributed by atoms with Crippen molar-refractivity contribution in [3.05, 3.63) is 36.5 Å². The molecule has 2 nitrogen and oxygen atoms in total. The molecule has 0 spiro atoms. The average molecular weight is 137 g/mol. The van der Waals surface area contributed by atoms with E-state index in [-0.39, 0.29) is 0 Å². The van der Waals surface area contributed by atoms with Gasteiger partial charge in [-0.1, -0.05) is 30.4 Å². The molecule has 0 atom stereocenters. The Morgan fingerprint density at radius 1 is 1.10 bits per heavy atom. The molecule has 1 radical (unpaired) electrons. The molecule has 0 fully saturated rings. The van der Waals surface area contributed by atoms with E-state index in [1.807, 2.05) is 13.0 Å². The smallest absolute Gasteiger partial charge is 0.242 e. The Labute approximate surface area is 60.2 Å². The topological polar surface area (TPSA) is 37.0 Å². The Morgan fingerprint density at radius 2 is 1.70 bits per heavy atom. The molecule has 2 heteroatoms. The fraction of sp³-hybridized carbons (Fsp3) is 0.125. The molecule has 0 N–H and O–H groups in total. The van der Waals surface area contributed by atoms with Gasteiger partial charge >= 0.3 is 5.97 Å². The summed E-state index contributed by atoms with van der Waals surface area (Å²) < 4.78 is 0. The summed E-state index contributed by atoms with van der Waals surface area (Å²) >= 11 is 0. The van der Waals surface area contributed by atoms with Crippen LogP contribution >= 0.6 is 0 Å². The van der Waals surface area contributed by atoms with Crippen molar-refractivity contribution in [2.24, 2.45) is 0 Å². The average Bonchev–Trinajstić information content (AvgIpc) is 1.87. The first-order chi connectivity index (χ1) is 4.77. The maximum absolute atomic E-state index is 9.78. The second-order valence-electron chi connectivity index (χ2n) is 1.59. The highest BCUT2D eigenvalue weighted by molar-refractivity contribution is 5.79. The monoisotopic (exact) mass is 137 g/mol. The van der Waals surface area contributed by atoms with Crippen molar-refractivity contribution in [2.45, 2.75) is 6.92 Å². The standard InChI is InChI=1S/C8H9O2/c1-2-3-4-5-6-7-8(9)10/h2-7H,1H3/b3-2+,5-4+,7-6+. The molecule has 0 rings (SSSR count). The fourth-order valence-electron chi connectivity index (χ4n) is 0.374. The lowest BCUT2D eigenvalue weighted by Gasteiger charge is -1.70. The third-order valence-corrected chi connectivity index (χ3v) is 0.758. The maximum atomic E-state index is 9.78. The maximum Gasteiger partial charge on any atom is 0.379 e. The Hall–Kier alpha value is -1.31. The molecule has 0 aliphatic rings. The molecular formula is C8H9O2. The fourth-order valence-corrected chi connectivity index (χ4v) is 0.374. The van der Waals surface area contributed by atoms with Crippen molar-refractivity contribution >= 4 is 5.97 Å². The van der Waals surface area contributed by atoms with Crippen LogP contribution in [0.15, 0.2) is 36.5 Å². The van der Waals surface area contributed by atoms with Crippen LogP contribution in [-0.4, -0.2) is 5.97 Å². The van der Waals surface area contributed by atoms with Crippen LogP contribution in [0.3, 0.4) is 0 Å². The van der Waals surface area contributed by atoms with Gasteiger partial charge in [-0.05, 0) is 6.92 Å². The van der Waals surface area contributed by atoms with Gasteiger partial charge in [0.2, 0.25) is 0 Å². The zero-order valence-electron chi connectivity index (χ0n) is 5.78. The predicted molar refractivity (Wildman–Crippen MR) is 38.8 cm³/mol. The van der Waals surface area contributed by atoms with Gasteiger partial charge in [0.1, 0.15) is 0 Å². The highest BCUT2D eigenvalue weighted by Gasteiger charge is 1.83. The Balaban J connectivity index is 3.62. The molecule has 53 valence electrons. The van der Waals surface area contributed by atoms with Gasteiger partial charge in [-0.3, -0.25) is 0 Å². The lowest BCUT2D eigenvalue weighted by atomic mass is 10.4. The van der Waals surface area contributed by atoms with E-state index in [1.165, 1.54) is 6.08 Å². The summed E-state index contributed by atoms with van der Waals surface area (Å²) in [6.07, 6.45) is 9.40. The van der Waals surface area contributed by atoms with E-state index in [4.69, 9.17) is 0 Å². The summed E-state index contributed by atoms with van der Waals surface area (Å²) in [7, 11) is 0. The second kappa shape index (κ2) is 5.82. The van der Waals surface area contributed by atoms with E-state index < -0.39 is 5.97 Å². The molecule has 0 aliphatic carbocycles. The van der Waals surface area contributed by atoms with E-state index >= 15 is 0 Å². The first-order valence-electron chi connectivity index (χ1n) is 2.94. The van der Waals surface area contributed by atoms with E-state index in [0.29, 0.717) is 0 Å². The van der Waals surface area contributed by atoms with Gasteiger partial charge in [0.25, 0.3) is 0 Å². The van der Waals surface area contributed by atoms with Crippen molar-refractivity contribution in [1.29, 1.82) is 0 Å². The zero-order valence-corrected chi connectivity index (χ0v) is 5.78. The van der Waals surface area contributed by atoms with E-state index in [2.05, 4.69) is 0 Å². The van der Waals surface area contributed by atoms with Crippen LogP contribution in [0.4, 0.5) is 0 Å². The van der Waals surface area contributed by atoms with Crippen LogP contribution < -0.4 is 0 Å². The van der Waals surface area contributed by atoms with E-state index in [1.54, 1.807) is 18.2 Å². The molecule has 0 bridgehead atoms. The van der Waals surface area contributed by atoms with Gasteiger partial charge in [-0.25, -0.2) is 9.90 Å². The van der Waals surface area contributed by atoms with Gasteiger partial charge in [-0.15, -0.1) is 0 Å². The summed E-state index contributed by atoms with van der Waals surface area (Å²) in [6, 6.07) is 0. The highest BCUT2D eigenvalue weighted by atomic mass is 16.4. The molecule has 0 aromatic heterocycles. The van der Waals surface area contributed by atoms with Crippen molar-refractivity contribution in [2.75, 3.05) is 0 Å². The van der Waals surface area contributed by atoms with Crippen molar-refractivity contribution in [1.82, 2.24) is 0 Å².